The van der Waals surface area contributed by atoms with Crippen LogP contribution in [-0.4, -0.2) is 23.8 Å². The number of aromatic nitrogens is 4. The van der Waals surface area contributed by atoms with E-state index in [0.29, 0.717) is 5.56 Å². The molecule has 0 aliphatic heterocycles. The maximum absolute atomic E-state index is 13.9. The van der Waals surface area contributed by atoms with Crippen molar-refractivity contribution in [3.8, 4) is 11.3 Å². The van der Waals surface area contributed by atoms with Gasteiger partial charge in [-0.1, -0.05) is 18.2 Å². The van der Waals surface area contributed by atoms with E-state index >= 15 is 0 Å². The largest absolute Gasteiger partial charge is 0.358 e. The third-order valence-corrected chi connectivity index (χ3v) is 4.42. The molecular formula is C18H18FN5O4. The summed E-state index contributed by atoms with van der Waals surface area (Å²) in [5.41, 5.74) is -1.75. The summed E-state index contributed by atoms with van der Waals surface area (Å²) in [5, 5.41) is 15.7. The minimum absolute atomic E-state index is 0.0192. The van der Waals surface area contributed by atoms with Gasteiger partial charge in [0.25, 0.3) is 0 Å². The molecule has 0 saturated carbocycles. The predicted molar refractivity (Wildman–Crippen MR) is 99.7 cm³/mol. The highest BCUT2D eigenvalue weighted by molar-refractivity contribution is 5.68. The fourth-order valence-electron chi connectivity index (χ4n) is 3.09. The van der Waals surface area contributed by atoms with E-state index in [0.717, 1.165) is 4.57 Å². The lowest BCUT2D eigenvalue weighted by molar-refractivity contribution is -0.386. The molecule has 0 radical (unpaired) electrons. The summed E-state index contributed by atoms with van der Waals surface area (Å²) in [7, 11) is 0. The number of rotatable bonds is 6. The fourth-order valence-corrected chi connectivity index (χ4v) is 3.09. The van der Waals surface area contributed by atoms with Crippen molar-refractivity contribution < 1.29 is 9.31 Å². The van der Waals surface area contributed by atoms with Crippen LogP contribution in [-0.2, 0) is 19.6 Å². The zero-order valence-corrected chi connectivity index (χ0v) is 15.3. The standard InChI is InChI=1S/C18H18FN5O4/c1-3-22-15(16(24(27)28)17(25)23(4-2)18(22)26)13-9-20-21(11-13)10-12-7-5-6-8-14(12)19/h5-9,11H,3-4,10H2,1-2H3. The molecule has 0 N–H and O–H groups in total. The molecule has 3 rings (SSSR count). The Morgan fingerprint density at radius 3 is 2.43 bits per heavy atom. The van der Waals surface area contributed by atoms with Gasteiger partial charge in [0.1, 0.15) is 11.5 Å². The van der Waals surface area contributed by atoms with Gasteiger partial charge in [-0.3, -0.25) is 28.7 Å². The maximum atomic E-state index is 13.9. The molecule has 10 heteroatoms. The maximum Gasteiger partial charge on any atom is 0.358 e. The van der Waals surface area contributed by atoms with Crippen LogP contribution < -0.4 is 11.2 Å². The fraction of sp³-hybridized carbons (Fsp3) is 0.278. The summed E-state index contributed by atoms with van der Waals surface area (Å²) in [4.78, 5) is 35.9. The van der Waals surface area contributed by atoms with Crippen molar-refractivity contribution in [2.45, 2.75) is 33.5 Å². The minimum Gasteiger partial charge on any atom is -0.287 e. The molecule has 9 nitrogen and oxygen atoms in total. The van der Waals surface area contributed by atoms with Crippen LogP contribution in [0.4, 0.5) is 10.1 Å². The third kappa shape index (κ3) is 3.24. The second-order valence-corrected chi connectivity index (χ2v) is 6.05. The first-order valence-corrected chi connectivity index (χ1v) is 8.67. The van der Waals surface area contributed by atoms with E-state index in [9.17, 15) is 24.1 Å². The van der Waals surface area contributed by atoms with Crippen LogP contribution in [0.5, 0.6) is 0 Å². The Morgan fingerprint density at radius 1 is 1.14 bits per heavy atom. The van der Waals surface area contributed by atoms with Gasteiger partial charge in [-0.05, 0) is 19.9 Å². The van der Waals surface area contributed by atoms with Crippen molar-refractivity contribution in [3.63, 3.8) is 0 Å². The van der Waals surface area contributed by atoms with E-state index in [1.54, 1.807) is 32.0 Å². The SMILES string of the molecule is CCn1c(-c2cnn(Cc3ccccc3F)c2)c([N+](=O)[O-])c(=O)n(CC)c1=O. The van der Waals surface area contributed by atoms with Crippen LogP contribution in [0.3, 0.4) is 0 Å². The zero-order valence-electron chi connectivity index (χ0n) is 15.3. The van der Waals surface area contributed by atoms with Crippen molar-refractivity contribution in [1.82, 2.24) is 18.9 Å². The predicted octanol–water partition coefficient (Wildman–Crippen LogP) is 2.01. The van der Waals surface area contributed by atoms with Gasteiger partial charge in [-0.2, -0.15) is 5.10 Å². The minimum atomic E-state index is -0.959. The Bertz CT molecular complexity index is 1160. The monoisotopic (exact) mass is 387 g/mol. The number of hydrogen-bond donors (Lipinski definition) is 0. The quantitative estimate of drug-likeness (QED) is 0.475. The first-order chi connectivity index (χ1) is 13.4. The number of benzene rings is 1. The van der Waals surface area contributed by atoms with Crippen LogP contribution in [0.15, 0.2) is 46.2 Å². The van der Waals surface area contributed by atoms with Crippen LogP contribution in [0.25, 0.3) is 11.3 Å². The van der Waals surface area contributed by atoms with Gasteiger partial charge in [0.15, 0.2) is 0 Å². The zero-order chi connectivity index (χ0) is 20.4. The Hall–Kier alpha value is -3.56. The molecule has 0 spiro atoms. The summed E-state index contributed by atoms with van der Waals surface area (Å²) in [5.74, 6) is -0.401. The summed E-state index contributed by atoms with van der Waals surface area (Å²) < 4.78 is 17.3. The van der Waals surface area contributed by atoms with Crippen molar-refractivity contribution in [2.24, 2.45) is 0 Å². The van der Waals surface area contributed by atoms with Crippen molar-refractivity contribution in [1.29, 1.82) is 0 Å². The molecule has 0 bridgehead atoms. The van der Waals surface area contributed by atoms with Crippen LogP contribution in [0, 0.1) is 15.9 Å². The highest BCUT2D eigenvalue weighted by atomic mass is 19.1. The molecule has 0 aliphatic rings. The lowest BCUT2D eigenvalue weighted by atomic mass is 10.2. The lowest BCUT2D eigenvalue weighted by Crippen LogP contribution is -2.41. The molecule has 2 heterocycles. The molecule has 0 unspecified atom stereocenters. The Morgan fingerprint density at radius 2 is 1.82 bits per heavy atom. The van der Waals surface area contributed by atoms with E-state index in [1.807, 2.05) is 0 Å². The normalized spacial score (nSPS) is 11.0. The number of nitro groups is 1. The van der Waals surface area contributed by atoms with Crippen molar-refractivity contribution in [3.05, 3.63) is 79.0 Å². The van der Waals surface area contributed by atoms with Gasteiger partial charge in [0.05, 0.1) is 17.7 Å². The van der Waals surface area contributed by atoms with Crippen LogP contribution in [0.2, 0.25) is 0 Å². The Kier molecular flexibility index (Phi) is 5.21. The number of halogens is 1. The molecular weight excluding hydrogens is 369 g/mol. The van der Waals surface area contributed by atoms with Crippen LogP contribution >= 0.6 is 0 Å². The topological polar surface area (TPSA) is 105 Å². The molecule has 3 aromatic rings. The Balaban J connectivity index is 2.18. The summed E-state index contributed by atoms with van der Waals surface area (Å²) in [6.45, 7) is 3.48. The third-order valence-electron chi connectivity index (χ3n) is 4.42. The van der Waals surface area contributed by atoms with Crippen LogP contribution in [0.1, 0.15) is 19.4 Å². The lowest BCUT2D eigenvalue weighted by Gasteiger charge is -2.12. The van der Waals surface area contributed by atoms with Gasteiger partial charge in [-0.15, -0.1) is 0 Å². The molecule has 0 fully saturated rings. The average Bonchev–Trinajstić information content (AvgIpc) is 3.11. The molecule has 2 aromatic heterocycles. The Labute approximate surface area is 158 Å². The molecule has 0 aliphatic carbocycles. The van der Waals surface area contributed by atoms with Crippen molar-refractivity contribution >= 4 is 5.69 Å². The summed E-state index contributed by atoms with van der Waals surface area (Å²) in [6, 6.07) is 6.18. The first-order valence-electron chi connectivity index (χ1n) is 8.67. The van der Waals surface area contributed by atoms with E-state index in [2.05, 4.69) is 5.10 Å². The molecule has 0 saturated heterocycles. The highest BCUT2D eigenvalue weighted by Gasteiger charge is 2.28. The second-order valence-electron chi connectivity index (χ2n) is 6.05. The van der Waals surface area contributed by atoms with Gasteiger partial charge < -0.3 is 0 Å². The van der Waals surface area contributed by atoms with E-state index in [-0.39, 0.29) is 30.9 Å². The molecule has 0 atom stereocenters. The van der Waals surface area contributed by atoms with E-state index in [1.165, 1.54) is 27.7 Å². The first kappa shape index (κ1) is 19.2. The van der Waals surface area contributed by atoms with Gasteiger partial charge in [-0.25, -0.2) is 9.18 Å². The van der Waals surface area contributed by atoms with E-state index < -0.39 is 27.7 Å². The molecule has 28 heavy (non-hydrogen) atoms. The second kappa shape index (κ2) is 7.59. The molecule has 0 amide bonds. The van der Waals surface area contributed by atoms with Crippen molar-refractivity contribution in [2.75, 3.05) is 0 Å². The average molecular weight is 387 g/mol. The number of nitrogens with zero attached hydrogens (tertiary/aromatic N) is 5. The summed E-state index contributed by atoms with van der Waals surface area (Å²) in [6.07, 6.45) is 2.78. The number of hydrogen-bond acceptors (Lipinski definition) is 5. The molecule has 1 aromatic carbocycles. The summed E-state index contributed by atoms with van der Waals surface area (Å²) >= 11 is 0. The smallest absolute Gasteiger partial charge is 0.287 e. The van der Waals surface area contributed by atoms with Gasteiger partial charge >= 0.3 is 16.9 Å². The highest BCUT2D eigenvalue weighted by Crippen LogP contribution is 2.25. The van der Waals surface area contributed by atoms with Gasteiger partial charge in [0, 0.05) is 30.4 Å². The van der Waals surface area contributed by atoms with E-state index in [4.69, 9.17) is 0 Å². The molecule has 146 valence electrons. The van der Waals surface area contributed by atoms with Gasteiger partial charge in [0.2, 0.25) is 0 Å².